The Balaban J connectivity index is 1.71. The largest absolute Gasteiger partial charge is 0.481 e. The molecule has 9 heteroatoms. The second-order valence-corrected chi connectivity index (χ2v) is 9.46. The second kappa shape index (κ2) is 6.15. The van der Waals surface area contributed by atoms with Crippen molar-refractivity contribution in [1.29, 1.82) is 0 Å². The average molecular weight is 390 g/mol. The van der Waals surface area contributed by atoms with Crippen LogP contribution in [0.3, 0.4) is 0 Å². The summed E-state index contributed by atoms with van der Waals surface area (Å²) in [5.74, 6) is -1.12. The van der Waals surface area contributed by atoms with Crippen molar-refractivity contribution in [1.82, 2.24) is 19.0 Å². The molecule has 0 saturated carbocycles. The minimum Gasteiger partial charge on any atom is -0.481 e. The molecule has 2 aliphatic rings. The first kappa shape index (κ1) is 18.1. The van der Waals surface area contributed by atoms with E-state index >= 15 is 0 Å². The summed E-state index contributed by atoms with van der Waals surface area (Å²) in [4.78, 5) is 14.1. The van der Waals surface area contributed by atoms with Crippen LogP contribution in [0.1, 0.15) is 5.56 Å². The zero-order valence-electron chi connectivity index (χ0n) is 15.2. The smallest absolute Gasteiger partial charge is 0.312 e. The number of likely N-dealkylation sites (tertiary alicyclic amines) is 1. The Kier molecular flexibility index (Phi) is 4.13. The van der Waals surface area contributed by atoms with E-state index in [1.54, 1.807) is 42.2 Å². The van der Waals surface area contributed by atoms with E-state index in [1.807, 2.05) is 18.0 Å². The van der Waals surface area contributed by atoms with Crippen LogP contribution in [0, 0.1) is 18.3 Å². The topological polar surface area (TPSA) is 95.7 Å². The van der Waals surface area contributed by atoms with Crippen molar-refractivity contribution in [3.8, 4) is 5.69 Å². The molecule has 4 rings (SSSR count). The van der Waals surface area contributed by atoms with Crippen molar-refractivity contribution in [2.45, 2.75) is 11.8 Å². The van der Waals surface area contributed by atoms with Gasteiger partial charge >= 0.3 is 5.97 Å². The normalized spacial score (nSPS) is 26.4. The quantitative estimate of drug-likeness (QED) is 0.830. The minimum absolute atomic E-state index is 0.00507. The summed E-state index contributed by atoms with van der Waals surface area (Å²) in [5, 5.41) is 14.0. The molecule has 2 atom stereocenters. The van der Waals surface area contributed by atoms with Crippen molar-refractivity contribution < 1.29 is 18.3 Å². The van der Waals surface area contributed by atoms with Crippen LogP contribution in [-0.4, -0.2) is 71.7 Å². The Morgan fingerprint density at radius 2 is 2.07 bits per heavy atom. The molecular weight excluding hydrogens is 368 g/mol. The first-order valence-corrected chi connectivity index (χ1v) is 10.2. The zero-order valence-corrected chi connectivity index (χ0v) is 16.1. The third kappa shape index (κ3) is 2.77. The van der Waals surface area contributed by atoms with E-state index in [0.717, 1.165) is 0 Å². The van der Waals surface area contributed by atoms with Crippen LogP contribution in [0.2, 0.25) is 0 Å². The van der Waals surface area contributed by atoms with Crippen LogP contribution >= 0.6 is 0 Å². The summed E-state index contributed by atoms with van der Waals surface area (Å²) >= 11 is 0. The maximum Gasteiger partial charge on any atom is 0.312 e. The molecule has 1 aromatic carbocycles. The fourth-order valence-corrected chi connectivity index (χ4v) is 6.13. The van der Waals surface area contributed by atoms with Gasteiger partial charge in [0.2, 0.25) is 10.0 Å². The molecule has 0 spiro atoms. The van der Waals surface area contributed by atoms with Crippen molar-refractivity contribution in [2.75, 3.05) is 33.2 Å². The van der Waals surface area contributed by atoms with Crippen molar-refractivity contribution in [2.24, 2.45) is 11.3 Å². The molecule has 0 unspecified atom stereocenters. The predicted molar refractivity (Wildman–Crippen MR) is 98.1 cm³/mol. The first-order valence-electron chi connectivity index (χ1n) is 8.77. The summed E-state index contributed by atoms with van der Waals surface area (Å²) in [6.45, 7) is 2.93. The summed E-state index contributed by atoms with van der Waals surface area (Å²) in [6, 6.07) is 6.93. The Bertz CT molecular complexity index is 989. The molecule has 144 valence electrons. The summed E-state index contributed by atoms with van der Waals surface area (Å²) in [7, 11) is -1.93. The molecule has 2 aliphatic heterocycles. The number of carboxylic acid groups (broad SMARTS) is 1. The highest BCUT2D eigenvalue weighted by molar-refractivity contribution is 7.89. The van der Waals surface area contributed by atoms with Gasteiger partial charge in [0.05, 0.1) is 16.0 Å². The van der Waals surface area contributed by atoms with E-state index in [9.17, 15) is 18.3 Å². The highest BCUT2D eigenvalue weighted by atomic mass is 32.2. The van der Waals surface area contributed by atoms with Gasteiger partial charge in [-0.1, -0.05) is 6.07 Å². The van der Waals surface area contributed by atoms with E-state index < -0.39 is 21.4 Å². The highest BCUT2D eigenvalue weighted by Gasteiger charge is 2.59. The molecule has 0 bridgehead atoms. The Morgan fingerprint density at radius 1 is 1.30 bits per heavy atom. The molecule has 0 radical (unpaired) electrons. The molecule has 1 N–H and O–H groups in total. The number of nitrogens with zero attached hydrogens (tertiary/aromatic N) is 4. The Labute approximate surface area is 158 Å². The van der Waals surface area contributed by atoms with E-state index in [1.165, 1.54) is 4.31 Å². The van der Waals surface area contributed by atoms with Crippen LogP contribution < -0.4 is 0 Å². The molecule has 2 fully saturated rings. The molecule has 2 aromatic rings. The van der Waals surface area contributed by atoms with Gasteiger partial charge < -0.3 is 10.0 Å². The third-order valence-electron chi connectivity index (χ3n) is 5.73. The zero-order chi connectivity index (χ0) is 19.4. The summed E-state index contributed by atoms with van der Waals surface area (Å²) < 4.78 is 29.6. The molecule has 0 aliphatic carbocycles. The maximum atomic E-state index is 13.3. The number of aryl methyl sites for hydroxylation is 1. The lowest BCUT2D eigenvalue weighted by molar-refractivity contribution is -0.148. The number of aromatic nitrogens is 2. The number of aliphatic carboxylic acids is 1. The number of sulfonamides is 1. The molecule has 27 heavy (non-hydrogen) atoms. The Morgan fingerprint density at radius 3 is 2.70 bits per heavy atom. The molecule has 1 aromatic heterocycles. The highest BCUT2D eigenvalue weighted by Crippen LogP contribution is 2.44. The molecule has 8 nitrogen and oxygen atoms in total. The van der Waals surface area contributed by atoms with Crippen LogP contribution in [0.4, 0.5) is 0 Å². The molecule has 0 amide bonds. The van der Waals surface area contributed by atoms with Crippen molar-refractivity contribution in [3.63, 3.8) is 0 Å². The monoisotopic (exact) mass is 390 g/mol. The standard InChI is InChI=1S/C18H22N4O4S/c1-13-4-5-15(22-7-3-6-19-22)8-16(13)27(25,26)21-10-14-9-20(2)11-18(14,12-21)17(23)24/h3-8,14H,9-12H2,1-2H3,(H,23,24)/t14-,18-/m0/s1. The number of carbonyl (C=O) groups is 1. The lowest BCUT2D eigenvalue weighted by Crippen LogP contribution is -2.41. The van der Waals surface area contributed by atoms with E-state index in [-0.39, 0.29) is 23.9 Å². The molecular formula is C18H22N4O4S. The van der Waals surface area contributed by atoms with Crippen LogP contribution in [0.25, 0.3) is 5.69 Å². The molecule has 2 saturated heterocycles. The third-order valence-corrected chi connectivity index (χ3v) is 7.69. The van der Waals surface area contributed by atoms with E-state index in [4.69, 9.17) is 0 Å². The van der Waals surface area contributed by atoms with E-state index in [2.05, 4.69) is 5.10 Å². The number of hydrogen-bond donors (Lipinski definition) is 1. The number of hydrogen-bond acceptors (Lipinski definition) is 5. The van der Waals surface area contributed by atoms with Crippen LogP contribution in [0.5, 0.6) is 0 Å². The van der Waals surface area contributed by atoms with Crippen LogP contribution in [-0.2, 0) is 14.8 Å². The SMILES string of the molecule is Cc1ccc(-n2cccn2)cc1S(=O)(=O)N1C[C@@H]2CN(C)C[C@]2(C(=O)O)C1. The fraction of sp³-hybridized carbons (Fsp3) is 0.444. The number of carboxylic acids is 1. The van der Waals surface area contributed by atoms with Gasteiger partial charge in [-0.2, -0.15) is 9.40 Å². The first-order chi connectivity index (χ1) is 12.7. The number of rotatable bonds is 4. The van der Waals surface area contributed by atoms with Gasteiger partial charge in [0.1, 0.15) is 0 Å². The van der Waals surface area contributed by atoms with Gasteiger partial charge in [-0.25, -0.2) is 13.1 Å². The van der Waals surface area contributed by atoms with Gasteiger partial charge in [-0.05, 0) is 37.7 Å². The second-order valence-electron chi connectivity index (χ2n) is 7.55. The lowest BCUT2D eigenvalue weighted by atomic mass is 9.81. The van der Waals surface area contributed by atoms with Gasteiger partial charge in [0.15, 0.2) is 0 Å². The van der Waals surface area contributed by atoms with Gasteiger partial charge in [-0.15, -0.1) is 0 Å². The van der Waals surface area contributed by atoms with Crippen molar-refractivity contribution in [3.05, 3.63) is 42.2 Å². The van der Waals surface area contributed by atoms with Gasteiger partial charge in [-0.3, -0.25) is 4.79 Å². The Hall–Kier alpha value is -2.23. The van der Waals surface area contributed by atoms with Gasteiger partial charge in [0, 0.05) is 44.5 Å². The number of benzene rings is 1. The number of fused-ring (bicyclic) bond motifs is 1. The maximum absolute atomic E-state index is 13.3. The van der Waals surface area contributed by atoms with E-state index in [0.29, 0.717) is 24.3 Å². The summed E-state index contributed by atoms with van der Waals surface area (Å²) in [5.41, 5.74) is 0.246. The fourth-order valence-electron chi connectivity index (χ4n) is 4.33. The van der Waals surface area contributed by atoms with Gasteiger partial charge in [0.25, 0.3) is 0 Å². The lowest BCUT2D eigenvalue weighted by Gasteiger charge is -2.24. The van der Waals surface area contributed by atoms with Crippen molar-refractivity contribution >= 4 is 16.0 Å². The minimum atomic E-state index is -3.80. The predicted octanol–water partition coefficient (Wildman–Crippen LogP) is 0.818. The molecule has 3 heterocycles. The van der Waals surface area contributed by atoms with Crippen LogP contribution in [0.15, 0.2) is 41.6 Å². The summed E-state index contributed by atoms with van der Waals surface area (Å²) in [6.07, 6.45) is 3.37. The average Bonchev–Trinajstić information content (AvgIpc) is 3.29.